The molecule has 1 aromatic carbocycles. The molecule has 0 fully saturated rings. The van der Waals surface area contributed by atoms with Crippen molar-refractivity contribution < 1.29 is 14.6 Å². The van der Waals surface area contributed by atoms with Crippen LogP contribution < -0.4 is 4.74 Å². The Morgan fingerprint density at radius 1 is 1.44 bits per heavy atom. The van der Waals surface area contributed by atoms with Crippen LogP contribution >= 0.6 is 15.9 Å². The molecule has 0 saturated heterocycles. The third kappa shape index (κ3) is 5.36. The second-order valence-corrected chi connectivity index (χ2v) is 4.76. The number of carboxylic acid groups (broad SMARTS) is 1. The average molecular weight is 313 g/mol. The van der Waals surface area contributed by atoms with E-state index in [1.165, 1.54) is 0 Å². The molecule has 0 heterocycles. The fourth-order valence-electron chi connectivity index (χ4n) is 1.44. The van der Waals surface area contributed by atoms with Gasteiger partial charge in [0, 0.05) is 10.5 Å². The number of ether oxygens (including phenoxy) is 1. The normalized spacial score (nSPS) is 10.8. The maximum absolute atomic E-state index is 10.5. The highest BCUT2D eigenvalue weighted by molar-refractivity contribution is 9.10. The van der Waals surface area contributed by atoms with Gasteiger partial charge in [0.15, 0.2) is 0 Å². The zero-order chi connectivity index (χ0) is 13.4. The van der Waals surface area contributed by atoms with Crippen molar-refractivity contribution in [1.82, 2.24) is 0 Å². The third-order valence-electron chi connectivity index (χ3n) is 2.39. The van der Waals surface area contributed by atoms with Gasteiger partial charge in [-0.25, -0.2) is 4.79 Å². The van der Waals surface area contributed by atoms with Gasteiger partial charge in [0.1, 0.15) is 5.75 Å². The van der Waals surface area contributed by atoms with Gasteiger partial charge in [-0.05, 0) is 36.3 Å². The number of hydrogen-bond acceptors (Lipinski definition) is 2. The average Bonchev–Trinajstić information content (AvgIpc) is 2.34. The fraction of sp³-hybridized carbons (Fsp3) is 0.357. The van der Waals surface area contributed by atoms with Crippen LogP contribution in [0, 0.1) is 0 Å². The highest BCUT2D eigenvalue weighted by Crippen LogP contribution is 2.24. The fourth-order valence-corrected chi connectivity index (χ4v) is 1.82. The first-order chi connectivity index (χ1) is 8.63. The van der Waals surface area contributed by atoms with E-state index in [1.807, 2.05) is 18.2 Å². The van der Waals surface area contributed by atoms with Crippen molar-refractivity contribution in [2.45, 2.75) is 26.2 Å². The molecule has 0 bridgehead atoms. The van der Waals surface area contributed by atoms with Crippen molar-refractivity contribution in [1.29, 1.82) is 0 Å². The quantitative estimate of drug-likeness (QED) is 0.608. The number of benzene rings is 1. The standard InChI is InChI=1S/C14H17BrO3/c1-2-3-4-9-18-12-6-7-13(15)11(10-12)5-8-14(16)17/h5-8,10H,2-4,9H2,1H3,(H,16,17)/b8-5+. The smallest absolute Gasteiger partial charge is 0.328 e. The summed E-state index contributed by atoms with van der Waals surface area (Å²) in [6.45, 7) is 2.84. The molecule has 0 aliphatic carbocycles. The number of hydrogen-bond donors (Lipinski definition) is 1. The lowest BCUT2D eigenvalue weighted by atomic mass is 10.2. The van der Waals surface area contributed by atoms with Crippen LogP contribution in [0.4, 0.5) is 0 Å². The van der Waals surface area contributed by atoms with Crippen LogP contribution in [0.2, 0.25) is 0 Å². The van der Waals surface area contributed by atoms with Gasteiger partial charge in [0.05, 0.1) is 6.61 Å². The summed E-state index contributed by atoms with van der Waals surface area (Å²) in [7, 11) is 0. The van der Waals surface area contributed by atoms with Crippen molar-refractivity contribution in [2.75, 3.05) is 6.61 Å². The number of rotatable bonds is 7. The largest absolute Gasteiger partial charge is 0.494 e. The Morgan fingerprint density at radius 3 is 2.89 bits per heavy atom. The number of aliphatic carboxylic acids is 1. The van der Waals surface area contributed by atoms with Gasteiger partial charge in [0.2, 0.25) is 0 Å². The number of carboxylic acids is 1. The zero-order valence-electron chi connectivity index (χ0n) is 10.4. The molecule has 0 spiro atoms. The number of carbonyl (C=O) groups is 1. The Kier molecular flexibility index (Phi) is 6.50. The topological polar surface area (TPSA) is 46.5 Å². The van der Waals surface area contributed by atoms with Crippen LogP contribution in [-0.2, 0) is 4.79 Å². The second kappa shape index (κ2) is 7.93. The van der Waals surface area contributed by atoms with Gasteiger partial charge >= 0.3 is 5.97 Å². The molecule has 98 valence electrons. The summed E-state index contributed by atoms with van der Waals surface area (Å²) in [6.07, 6.45) is 6.01. The summed E-state index contributed by atoms with van der Waals surface area (Å²) >= 11 is 3.37. The molecular formula is C14H17BrO3. The molecule has 18 heavy (non-hydrogen) atoms. The van der Waals surface area contributed by atoms with Gasteiger partial charge in [-0.3, -0.25) is 0 Å². The molecule has 0 saturated carbocycles. The lowest BCUT2D eigenvalue weighted by Crippen LogP contribution is -1.97. The van der Waals surface area contributed by atoms with E-state index in [0.717, 1.165) is 41.1 Å². The van der Waals surface area contributed by atoms with E-state index < -0.39 is 5.97 Å². The highest BCUT2D eigenvalue weighted by Gasteiger charge is 2.00. The molecule has 0 unspecified atom stereocenters. The Bertz CT molecular complexity index is 427. The Morgan fingerprint density at radius 2 is 2.22 bits per heavy atom. The van der Waals surface area contributed by atoms with Gasteiger partial charge in [-0.15, -0.1) is 0 Å². The van der Waals surface area contributed by atoms with Crippen LogP contribution in [-0.4, -0.2) is 17.7 Å². The first-order valence-electron chi connectivity index (χ1n) is 5.97. The summed E-state index contributed by atoms with van der Waals surface area (Å²) in [6, 6.07) is 5.56. The van der Waals surface area contributed by atoms with Gasteiger partial charge in [0.25, 0.3) is 0 Å². The summed E-state index contributed by atoms with van der Waals surface area (Å²) < 4.78 is 6.46. The first kappa shape index (κ1) is 14.8. The Hall–Kier alpha value is -1.29. The van der Waals surface area contributed by atoms with Crippen LogP contribution in [0.5, 0.6) is 5.75 Å². The van der Waals surface area contributed by atoms with E-state index >= 15 is 0 Å². The molecule has 1 rings (SSSR count). The Balaban J connectivity index is 2.65. The number of unbranched alkanes of at least 4 members (excludes halogenated alkanes) is 2. The molecule has 1 N–H and O–H groups in total. The van der Waals surface area contributed by atoms with E-state index in [1.54, 1.807) is 6.08 Å². The molecule has 0 aromatic heterocycles. The van der Waals surface area contributed by atoms with Gasteiger partial charge < -0.3 is 9.84 Å². The van der Waals surface area contributed by atoms with E-state index in [4.69, 9.17) is 9.84 Å². The van der Waals surface area contributed by atoms with Crippen LogP contribution in [0.1, 0.15) is 31.7 Å². The molecule has 0 aliphatic heterocycles. The maximum atomic E-state index is 10.5. The highest BCUT2D eigenvalue weighted by atomic mass is 79.9. The molecule has 0 atom stereocenters. The van der Waals surface area contributed by atoms with Crippen molar-refractivity contribution in [3.05, 3.63) is 34.3 Å². The number of halogens is 1. The van der Waals surface area contributed by atoms with E-state index in [0.29, 0.717) is 6.61 Å². The lowest BCUT2D eigenvalue weighted by molar-refractivity contribution is -0.131. The minimum absolute atomic E-state index is 0.692. The van der Waals surface area contributed by atoms with Crippen LogP contribution in [0.15, 0.2) is 28.7 Å². The molecule has 3 nitrogen and oxygen atoms in total. The van der Waals surface area contributed by atoms with E-state index in [2.05, 4.69) is 22.9 Å². The van der Waals surface area contributed by atoms with Gasteiger partial charge in [-0.1, -0.05) is 35.7 Å². The van der Waals surface area contributed by atoms with E-state index in [9.17, 15) is 4.79 Å². The first-order valence-corrected chi connectivity index (χ1v) is 6.76. The molecule has 0 amide bonds. The van der Waals surface area contributed by atoms with Gasteiger partial charge in [-0.2, -0.15) is 0 Å². The SMILES string of the molecule is CCCCCOc1ccc(Br)c(/C=C/C(=O)O)c1. The third-order valence-corrected chi connectivity index (χ3v) is 3.11. The molecule has 0 radical (unpaired) electrons. The van der Waals surface area contributed by atoms with Crippen LogP contribution in [0.25, 0.3) is 6.08 Å². The summed E-state index contributed by atoms with van der Waals surface area (Å²) in [4.78, 5) is 10.5. The molecule has 0 aliphatic rings. The van der Waals surface area contributed by atoms with Crippen molar-refractivity contribution in [2.24, 2.45) is 0 Å². The molecular weight excluding hydrogens is 296 g/mol. The van der Waals surface area contributed by atoms with Crippen molar-refractivity contribution in [3.8, 4) is 5.75 Å². The lowest BCUT2D eigenvalue weighted by Gasteiger charge is -2.07. The van der Waals surface area contributed by atoms with E-state index in [-0.39, 0.29) is 0 Å². The Labute approximate surface area is 116 Å². The predicted octanol–water partition coefficient (Wildman–Crippen LogP) is 4.12. The predicted molar refractivity (Wildman–Crippen MR) is 75.8 cm³/mol. The van der Waals surface area contributed by atoms with Crippen molar-refractivity contribution >= 4 is 28.0 Å². The minimum Gasteiger partial charge on any atom is -0.494 e. The molecule has 1 aromatic rings. The van der Waals surface area contributed by atoms with Crippen molar-refractivity contribution in [3.63, 3.8) is 0 Å². The van der Waals surface area contributed by atoms with Crippen LogP contribution in [0.3, 0.4) is 0 Å². The summed E-state index contributed by atoms with van der Waals surface area (Å²) in [5.74, 6) is -0.199. The maximum Gasteiger partial charge on any atom is 0.328 e. The second-order valence-electron chi connectivity index (χ2n) is 3.91. The minimum atomic E-state index is -0.962. The zero-order valence-corrected chi connectivity index (χ0v) is 11.9. The summed E-state index contributed by atoms with van der Waals surface area (Å²) in [5, 5.41) is 8.60. The monoisotopic (exact) mass is 312 g/mol. The molecule has 4 heteroatoms. The summed E-state index contributed by atoms with van der Waals surface area (Å²) in [5.41, 5.74) is 0.797.